The molecule has 2 heterocycles. The molecule has 1 aromatic heterocycles. The Bertz CT molecular complexity index is 1080. The molecule has 0 saturated carbocycles. The van der Waals surface area contributed by atoms with Gasteiger partial charge in [0.15, 0.2) is 11.5 Å². The van der Waals surface area contributed by atoms with Crippen molar-refractivity contribution >= 4 is 11.8 Å². The molecule has 0 radical (unpaired) electrons. The number of benzene rings is 1. The second-order valence-corrected chi connectivity index (χ2v) is 8.30. The first kappa shape index (κ1) is 23.8. The van der Waals surface area contributed by atoms with Gasteiger partial charge in [-0.2, -0.15) is 0 Å². The van der Waals surface area contributed by atoms with E-state index < -0.39 is 30.1 Å². The van der Waals surface area contributed by atoms with E-state index in [-0.39, 0.29) is 32.2 Å². The minimum absolute atomic E-state index is 0.0416. The number of furan rings is 1. The Morgan fingerprint density at radius 2 is 2.03 bits per heavy atom. The van der Waals surface area contributed by atoms with Crippen LogP contribution in [0.4, 0.5) is 0 Å². The number of hydrogen-bond acceptors (Lipinski definition) is 8. The van der Waals surface area contributed by atoms with E-state index in [9.17, 15) is 24.9 Å². The van der Waals surface area contributed by atoms with Gasteiger partial charge in [0, 0.05) is 36.7 Å². The predicted octanol–water partition coefficient (Wildman–Crippen LogP) is 0.452. The van der Waals surface area contributed by atoms with Crippen molar-refractivity contribution in [2.45, 2.75) is 44.2 Å². The van der Waals surface area contributed by atoms with Crippen LogP contribution in [0.15, 0.2) is 46.8 Å². The van der Waals surface area contributed by atoms with Crippen LogP contribution in [0, 0.1) is 0 Å². The number of hydrogen-bond donors (Lipinski definition) is 4. The highest BCUT2D eigenvalue weighted by atomic mass is 16.5. The largest absolute Gasteiger partial charge is 0.493 e. The minimum Gasteiger partial charge on any atom is -0.493 e. The molecule has 0 spiro atoms. The Morgan fingerprint density at radius 3 is 2.65 bits per heavy atom. The van der Waals surface area contributed by atoms with Crippen LogP contribution in [0.5, 0.6) is 11.5 Å². The number of rotatable bonds is 8. The lowest BCUT2D eigenvalue weighted by Crippen LogP contribution is -2.55. The molecular formula is C24H28N2O8. The van der Waals surface area contributed by atoms with Crippen molar-refractivity contribution in [3.8, 4) is 11.5 Å². The van der Waals surface area contributed by atoms with Crippen LogP contribution in [0.25, 0.3) is 0 Å². The molecule has 4 atom stereocenters. The molecule has 182 valence electrons. The Hall–Kier alpha value is -3.34. The molecule has 0 fully saturated rings. The maximum absolute atomic E-state index is 13.2. The molecule has 2 aromatic rings. The van der Waals surface area contributed by atoms with Crippen LogP contribution in [0.3, 0.4) is 0 Å². The highest BCUT2D eigenvalue weighted by molar-refractivity contribution is 5.96. The molecule has 4 rings (SSSR count). The van der Waals surface area contributed by atoms with Crippen molar-refractivity contribution in [2.75, 3.05) is 20.3 Å². The standard InChI is InChI=1S/C24H28N2O8/c1-13(29)26(10-14-3-6-33-12-14)18-9-17(24(31)25-4-5-27)20-16-7-15(11-28)8-19(32-2)22(16)34-23(20)21(18)30/h3,6-9,12,18,20-21,23,27-28,30H,4-5,10-11H2,1-2H3,(H,25,31). The SMILES string of the molecule is COc1cc(CO)cc2c1OC1C2C(C(=O)NCCO)=CC(N(Cc2ccoc2)C(C)=O)C1O. The molecule has 2 amide bonds. The lowest BCUT2D eigenvalue weighted by Gasteiger charge is -2.40. The fourth-order valence-electron chi connectivity index (χ4n) is 4.62. The summed E-state index contributed by atoms with van der Waals surface area (Å²) in [7, 11) is 1.47. The molecule has 0 bridgehead atoms. The minimum atomic E-state index is -1.16. The number of aliphatic hydroxyl groups is 3. The number of amides is 2. The quantitative estimate of drug-likeness (QED) is 0.434. The summed E-state index contributed by atoms with van der Waals surface area (Å²) in [6, 6.07) is 4.21. The van der Waals surface area contributed by atoms with Crippen molar-refractivity contribution in [3.63, 3.8) is 0 Å². The summed E-state index contributed by atoms with van der Waals surface area (Å²) in [6.45, 7) is 1.11. The molecular weight excluding hydrogens is 444 g/mol. The summed E-state index contributed by atoms with van der Waals surface area (Å²) in [5.74, 6) is -0.664. The predicted molar refractivity (Wildman–Crippen MR) is 119 cm³/mol. The number of methoxy groups -OCH3 is 1. The van der Waals surface area contributed by atoms with Gasteiger partial charge in [0.1, 0.15) is 12.2 Å². The second kappa shape index (κ2) is 9.88. The monoisotopic (exact) mass is 472 g/mol. The van der Waals surface area contributed by atoms with E-state index in [2.05, 4.69) is 5.32 Å². The summed E-state index contributed by atoms with van der Waals surface area (Å²) in [6.07, 6.45) is 2.54. The van der Waals surface area contributed by atoms with Crippen molar-refractivity contribution in [2.24, 2.45) is 0 Å². The van der Waals surface area contributed by atoms with Gasteiger partial charge >= 0.3 is 0 Å². The van der Waals surface area contributed by atoms with Crippen molar-refractivity contribution in [3.05, 3.63) is 59.1 Å². The summed E-state index contributed by atoms with van der Waals surface area (Å²) < 4.78 is 16.7. The van der Waals surface area contributed by atoms with Gasteiger partial charge in [-0.25, -0.2) is 0 Å². The first-order valence-electron chi connectivity index (χ1n) is 10.9. The van der Waals surface area contributed by atoms with Gasteiger partial charge in [0.25, 0.3) is 0 Å². The number of nitrogens with one attached hydrogen (secondary N) is 1. The van der Waals surface area contributed by atoms with E-state index in [1.807, 2.05) is 0 Å². The third kappa shape index (κ3) is 4.27. The van der Waals surface area contributed by atoms with Gasteiger partial charge in [-0.05, 0) is 29.8 Å². The van der Waals surface area contributed by atoms with Gasteiger partial charge in [-0.15, -0.1) is 0 Å². The van der Waals surface area contributed by atoms with Crippen LogP contribution in [0.1, 0.15) is 29.5 Å². The molecule has 2 aliphatic rings. The fraction of sp³-hybridized carbons (Fsp3) is 0.417. The van der Waals surface area contributed by atoms with Crippen LogP contribution in [0.2, 0.25) is 0 Å². The maximum Gasteiger partial charge on any atom is 0.247 e. The summed E-state index contributed by atoms with van der Waals surface area (Å²) in [4.78, 5) is 27.2. The Kier molecular flexibility index (Phi) is 6.92. The highest BCUT2D eigenvalue weighted by Crippen LogP contribution is 2.51. The zero-order valence-electron chi connectivity index (χ0n) is 18.9. The number of aliphatic hydroxyl groups excluding tert-OH is 3. The van der Waals surface area contributed by atoms with E-state index >= 15 is 0 Å². The first-order valence-corrected chi connectivity index (χ1v) is 10.9. The molecule has 1 aromatic carbocycles. The molecule has 10 heteroatoms. The molecule has 10 nitrogen and oxygen atoms in total. The Morgan fingerprint density at radius 1 is 1.24 bits per heavy atom. The normalized spacial score (nSPS) is 22.8. The third-order valence-corrected chi connectivity index (χ3v) is 6.19. The smallest absolute Gasteiger partial charge is 0.247 e. The molecule has 1 aliphatic carbocycles. The number of ether oxygens (including phenoxy) is 2. The van der Waals surface area contributed by atoms with Crippen LogP contribution in [-0.4, -0.2) is 70.5 Å². The topological polar surface area (TPSA) is 142 Å². The fourth-order valence-corrected chi connectivity index (χ4v) is 4.62. The number of nitrogens with zero attached hydrogens (tertiary/aromatic N) is 1. The van der Waals surface area contributed by atoms with Crippen LogP contribution < -0.4 is 14.8 Å². The summed E-state index contributed by atoms with van der Waals surface area (Å²) >= 11 is 0. The van der Waals surface area contributed by atoms with Crippen molar-refractivity contribution < 1.29 is 38.8 Å². The van der Waals surface area contributed by atoms with Crippen LogP contribution >= 0.6 is 0 Å². The van der Waals surface area contributed by atoms with Gasteiger partial charge in [-0.1, -0.05) is 0 Å². The van der Waals surface area contributed by atoms with Gasteiger partial charge in [-0.3, -0.25) is 9.59 Å². The Balaban J connectivity index is 1.80. The van der Waals surface area contributed by atoms with E-state index in [0.717, 1.165) is 5.56 Å². The number of carbonyl (C=O) groups excluding carboxylic acids is 2. The lowest BCUT2D eigenvalue weighted by molar-refractivity contribution is -0.135. The average molecular weight is 472 g/mol. The zero-order valence-corrected chi connectivity index (χ0v) is 18.9. The summed E-state index contributed by atoms with van der Waals surface area (Å²) in [5, 5.41) is 32.9. The van der Waals surface area contributed by atoms with Crippen molar-refractivity contribution in [1.82, 2.24) is 10.2 Å². The number of carbonyl (C=O) groups is 2. The highest BCUT2D eigenvalue weighted by Gasteiger charge is 2.51. The van der Waals surface area contributed by atoms with Gasteiger partial charge in [0.2, 0.25) is 11.8 Å². The summed E-state index contributed by atoms with van der Waals surface area (Å²) in [5.41, 5.74) is 2.19. The van der Waals surface area contributed by atoms with E-state index in [4.69, 9.17) is 13.9 Å². The second-order valence-electron chi connectivity index (χ2n) is 8.30. The first-order chi connectivity index (χ1) is 16.4. The van der Waals surface area contributed by atoms with E-state index in [0.29, 0.717) is 28.2 Å². The molecule has 4 N–H and O–H groups in total. The average Bonchev–Trinajstić information content (AvgIpc) is 3.49. The molecule has 1 aliphatic heterocycles. The molecule has 34 heavy (non-hydrogen) atoms. The zero-order chi connectivity index (χ0) is 24.4. The van der Waals surface area contributed by atoms with Gasteiger partial charge in [0.05, 0.1) is 44.8 Å². The lowest BCUT2D eigenvalue weighted by atomic mass is 9.77. The van der Waals surface area contributed by atoms with E-state index in [1.165, 1.54) is 31.5 Å². The van der Waals surface area contributed by atoms with Crippen molar-refractivity contribution in [1.29, 1.82) is 0 Å². The third-order valence-electron chi connectivity index (χ3n) is 6.19. The Labute approximate surface area is 196 Å². The van der Waals surface area contributed by atoms with E-state index in [1.54, 1.807) is 24.3 Å². The number of fused-ring (bicyclic) bond motifs is 3. The van der Waals surface area contributed by atoms with Gasteiger partial charge < -0.3 is 39.4 Å². The maximum atomic E-state index is 13.2. The molecule has 4 unspecified atom stereocenters. The molecule has 0 saturated heterocycles. The van der Waals surface area contributed by atoms with Crippen LogP contribution in [-0.2, 0) is 22.7 Å².